The number of rotatable bonds is 6. The van der Waals surface area contributed by atoms with Crippen molar-refractivity contribution in [3.05, 3.63) is 41.0 Å². The van der Waals surface area contributed by atoms with Crippen LogP contribution in [0.1, 0.15) is 31.6 Å². The van der Waals surface area contributed by atoms with Crippen molar-refractivity contribution in [3.8, 4) is 0 Å². The highest BCUT2D eigenvalue weighted by molar-refractivity contribution is 6.33. The molecule has 0 bridgehead atoms. The minimum Gasteiger partial charge on any atom is -0.338 e. The maximum Gasteiger partial charge on any atom is 0.243 e. The predicted octanol–water partition coefficient (Wildman–Crippen LogP) is 2.60. The number of amides is 1. The van der Waals surface area contributed by atoms with Crippen LogP contribution in [0, 0.1) is 0 Å². The average molecular weight is 378 g/mol. The summed E-state index contributed by atoms with van der Waals surface area (Å²) < 4.78 is 5.35. The Balaban J connectivity index is 1.47. The van der Waals surface area contributed by atoms with Crippen molar-refractivity contribution in [2.24, 2.45) is 0 Å². The molecule has 2 aromatic rings. The van der Waals surface area contributed by atoms with Crippen molar-refractivity contribution in [3.63, 3.8) is 0 Å². The van der Waals surface area contributed by atoms with Gasteiger partial charge in [-0.1, -0.05) is 35.8 Å². The lowest BCUT2D eigenvalue weighted by Crippen LogP contribution is -2.49. The van der Waals surface area contributed by atoms with Gasteiger partial charge in [-0.05, 0) is 19.1 Å². The Morgan fingerprint density at radius 1 is 1.31 bits per heavy atom. The number of hydrogen-bond donors (Lipinski definition) is 1. The SMILES string of the molecule is CCc1noc([C@@H](C)N2CCN(CC(=O)Nc3ccccc3Cl)CC2)n1. The second-order valence-corrected chi connectivity index (χ2v) is 6.83. The van der Waals surface area contributed by atoms with Crippen molar-refractivity contribution in [1.29, 1.82) is 0 Å². The Morgan fingerprint density at radius 3 is 2.69 bits per heavy atom. The van der Waals surface area contributed by atoms with Gasteiger partial charge in [0, 0.05) is 32.6 Å². The molecule has 1 atom stereocenters. The fraction of sp³-hybridized carbons (Fsp3) is 0.500. The van der Waals surface area contributed by atoms with Crippen LogP contribution in [0.25, 0.3) is 0 Å². The van der Waals surface area contributed by atoms with Gasteiger partial charge in [-0.2, -0.15) is 4.98 Å². The molecule has 0 saturated carbocycles. The molecule has 1 aromatic carbocycles. The lowest BCUT2D eigenvalue weighted by Gasteiger charge is -2.36. The summed E-state index contributed by atoms with van der Waals surface area (Å²) in [6, 6.07) is 7.34. The number of nitrogens with one attached hydrogen (secondary N) is 1. The average Bonchev–Trinajstić information content (AvgIpc) is 3.13. The number of carbonyl (C=O) groups is 1. The first-order valence-corrected chi connectivity index (χ1v) is 9.28. The van der Waals surface area contributed by atoms with E-state index >= 15 is 0 Å². The topological polar surface area (TPSA) is 74.5 Å². The van der Waals surface area contributed by atoms with Crippen LogP contribution in [-0.4, -0.2) is 58.6 Å². The quantitative estimate of drug-likeness (QED) is 0.834. The van der Waals surface area contributed by atoms with Crippen LogP contribution < -0.4 is 5.32 Å². The third kappa shape index (κ3) is 4.60. The minimum atomic E-state index is -0.0518. The zero-order valence-corrected chi connectivity index (χ0v) is 15.9. The zero-order valence-electron chi connectivity index (χ0n) is 15.1. The molecule has 1 aliphatic heterocycles. The molecular weight excluding hydrogens is 354 g/mol. The van der Waals surface area contributed by atoms with Gasteiger partial charge in [-0.25, -0.2) is 0 Å². The van der Waals surface area contributed by atoms with Crippen molar-refractivity contribution in [2.75, 3.05) is 38.0 Å². The summed E-state index contributed by atoms with van der Waals surface area (Å²) in [6.45, 7) is 7.77. The van der Waals surface area contributed by atoms with E-state index in [9.17, 15) is 4.79 Å². The maximum absolute atomic E-state index is 12.2. The predicted molar refractivity (Wildman–Crippen MR) is 100 cm³/mol. The van der Waals surface area contributed by atoms with Gasteiger partial charge >= 0.3 is 0 Å². The molecule has 1 amide bonds. The van der Waals surface area contributed by atoms with E-state index in [2.05, 4.69) is 32.2 Å². The first-order valence-electron chi connectivity index (χ1n) is 8.90. The number of anilines is 1. The highest BCUT2D eigenvalue weighted by Gasteiger charge is 2.26. The number of aromatic nitrogens is 2. The molecule has 0 unspecified atom stereocenters. The summed E-state index contributed by atoms with van der Waals surface area (Å²) in [5.74, 6) is 1.34. The van der Waals surface area contributed by atoms with Crippen LogP contribution >= 0.6 is 11.6 Å². The van der Waals surface area contributed by atoms with Crippen molar-refractivity contribution < 1.29 is 9.32 Å². The van der Waals surface area contributed by atoms with Crippen molar-refractivity contribution >= 4 is 23.2 Å². The van der Waals surface area contributed by atoms with E-state index in [4.69, 9.17) is 16.1 Å². The summed E-state index contributed by atoms with van der Waals surface area (Å²) in [5, 5.41) is 7.38. The summed E-state index contributed by atoms with van der Waals surface area (Å²) in [7, 11) is 0. The van der Waals surface area contributed by atoms with Gasteiger partial charge in [0.05, 0.1) is 23.3 Å². The number of nitrogens with zero attached hydrogens (tertiary/aromatic N) is 4. The molecule has 1 aromatic heterocycles. The van der Waals surface area contributed by atoms with Crippen LogP contribution in [0.5, 0.6) is 0 Å². The lowest BCUT2D eigenvalue weighted by atomic mass is 10.2. The zero-order chi connectivity index (χ0) is 18.5. The van der Waals surface area contributed by atoms with Crippen LogP contribution in [0.3, 0.4) is 0 Å². The first kappa shape index (κ1) is 18.8. The fourth-order valence-electron chi connectivity index (χ4n) is 3.00. The molecule has 0 radical (unpaired) electrons. The standard InChI is InChI=1S/C18H24ClN5O2/c1-3-16-21-18(26-22-16)13(2)24-10-8-23(9-11-24)12-17(25)20-15-7-5-4-6-14(15)19/h4-7,13H,3,8-12H2,1-2H3,(H,20,25)/t13-/m1/s1. The van der Waals surface area contributed by atoms with Gasteiger partial charge in [-0.15, -0.1) is 0 Å². The largest absolute Gasteiger partial charge is 0.338 e. The maximum atomic E-state index is 12.2. The Labute approximate surface area is 158 Å². The molecule has 0 aliphatic carbocycles. The van der Waals surface area contributed by atoms with E-state index < -0.39 is 0 Å². The third-order valence-electron chi connectivity index (χ3n) is 4.63. The molecule has 140 valence electrons. The summed E-state index contributed by atoms with van der Waals surface area (Å²) in [4.78, 5) is 21.1. The second-order valence-electron chi connectivity index (χ2n) is 6.42. The molecule has 2 heterocycles. The number of benzene rings is 1. The van der Waals surface area contributed by atoms with Crippen LogP contribution in [0.2, 0.25) is 5.02 Å². The minimum absolute atomic E-state index is 0.0518. The number of halogens is 1. The number of carbonyl (C=O) groups excluding carboxylic acids is 1. The molecule has 1 N–H and O–H groups in total. The van der Waals surface area contributed by atoms with Crippen LogP contribution in [0.4, 0.5) is 5.69 Å². The number of piperazine rings is 1. The lowest BCUT2D eigenvalue weighted by molar-refractivity contribution is -0.117. The molecule has 1 fully saturated rings. The Bertz CT molecular complexity index is 743. The highest BCUT2D eigenvalue weighted by Crippen LogP contribution is 2.21. The fourth-order valence-corrected chi connectivity index (χ4v) is 3.18. The van der Waals surface area contributed by atoms with Crippen LogP contribution in [-0.2, 0) is 11.2 Å². The smallest absolute Gasteiger partial charge is 0.243 e. The summed E-state index contributed by atoms with van der Waals surface area (Å²) in [6.07, 6.45) is 0.768. The van der Waals surface area contributed by atoms with E-state index in [1.807, 2.05) is 19.1 Å². The normalized spacial score (nSPS) is 17.2. The summed E-state index contributed by atoms with van der Waals surface area (Å²) >= 11 is 6.08. The van der Waals surface area contributed by atoms with E-state index in [0.717, 1.165) is 38.4 Å². The van der Waals surface area contributed by atoms with Gasteiger partial charge in [0.1, 0.15) is 0 Å². The molecule has 7 nitrogen and oxygen atoms in total. The van der Waals surface area contributed by atoms with E-state index in [1.54, 1.807) is 12.1 Å². The molecule has 3 rings (SSSR count). The molecular formula is C18H24ClN5O2. The Hall–Kier alpha value is -1.96. The van der Waals surface area contributed by atoms with Crippen LogP contribution in [0.15, 0.2) is 28.8 Å². The monoisotopic (exact) mass is 377 g/mol. The molecule has 1 saturated heterocycles. The van der Waals surface area contributed by atoms with Gasteiger partial charge in [-0.3, -0.25) is 14.6 Å². The van der Waals surface area contributed by atoms with E-state index in [1.165, 1.54) is 0 Å². The summed E-state index contributed by atoms with van der Waals surface area (Å²) in [5.41, 5.74) is 0.648. The van der Waals surface area contributed by atoms with Gasteiger partial charge in [0.25, 0.3) is 0 Å². The molecule has 0 spiro atoms. The van der Waals surface area contributed by atoms with Gasteiger partial charge < -0.3 is 9.84 Å². The molecule has 8 heteroatoms. The number of hydrogen-bond acceptors (Lipinski definition) is 6. The van der Waals surface area contributed by atoms with Gasteiger partial charge in [0.2, 0.25) is 11.8 Å². The first-order chi connectivity index (χ1) is 12.6. The van der Waals surface area contributed by atoms with E-state index in [-0.39, 0.29) is 11.9 Å². The third-order valence-corrected chi connectivity index (χ3v) is 4.96. The molecule has 26 heavy (non-hydrogen) atoms. The van der Waals surface area contributed by atoms with E-state index in [0.29, 0.717) is 23.1 Å². The highest BCUT2D eigenvalue weighted by atomic mass is 35.5. The Kier molecular flexibility index (Phi) is 6.24. The number of para-hydroxylation sites is 1. The second kappa shape index (κ2) is 8.62. The van der Waals surface area contributed by atoms with Crippen molar-refractivity contribution in [1.82, 2.24) is 19.9 Å². The Morgan fingerprint density at radius 2 is 2.04 bits per heavy atom. The number of aryl methyl sites for hydroxylation is 1. The van der Waals surface area contributed by atoms with Gasteiger partial charge in [0.15, 0.2) is 5.82 Å². The molecule has 1 aliphatic rings. The van der Waals surface area contributed by atoms with Crippen molar-refractivity contribution in [2.45, 2.75) is 26.3 Å².